The second-order valence-electron chi connectivity index (χ2n) is 12.2. The van der Waals surface area contributed by atoms with Crippen LogP contribution in [0.3, 0.4) is 0 Å². The van der Waals surface area contributed by atoms with Crippen molar-refractivity contribution in [1.82, 2.24) is 4.90 Å². The van der Waals surface area contributed by atoms with Crippen molar-refractivity contribution in [3.63, 3.8) is 0 Å². The van der Waals surface area contributed by atoms with E-state index in [1.54, 1.807) is 24.3 Å². The third-order valence-corrected chi connectivity index (χ3v) is 10.6. The van der Waals surface area contributed by atoms with Crippen LogP contribution in [0, 0.1) is 17.0 Å². The van der Waals surface area contributed by atoms with Crippen molar-refractivity contribution in [3.8, 4) is 5.75 Å². The highest BCUT2D eigenvalue weighted by molar-refractivity contribution is 7.86. The normalized spacial score (nSPS) is 12.8. The Morgan fingerprint density at radius 1 is 0.765 bits per heavy atom. The maximum Gasteiger partial charge on any atom is 0.294 e. The number of nitro benzene ring substituents is 1. The maximum atomic E-state index is 14.7. The number of nitro groups is 1. The van der Waals surface area contributed by atoms with Gasteiger partial charge in [0.05, 0.1) is 32.4 Å². The van der Waals surface area contributed by atoms with Gasteiger partial charge in [0.25, 0.3) is 31.8 Å². The van der Waals surface area contributed by atoms with Gasteiger partial charge in [-0.05, 0) is 83.0 Å². The van der Waals surface area contributed by atoms with Gasteiger partial charge in [0.2, 0.25) is 0 Å². The molecule has 0 unspecified atom stereocenters. The number of rotatable bonds is 11. The molecule has 14 heteroatoms. The van der Waals surface area contributed by atoms with Gasteiger partial charge >= 0.3 is 0 Å². The lowest BCUT2D eigenvalue weighted by atomic mass is 9.90. The molecule has 5 aromatic rings. The van der Waals surface area contributed by atoms with Crippen LogP contribution < -0.4 is 4.74 Å². The summed E-state index contributed by atoms with van der Waals surface area (Å²) in [5, 5.41) is 11.8. The molecule has 1 amide bonds. The largest absolute Gasteiger partial charge is 0.488 e. The fraction of sp³-hybridized carbons (Fsp3) is 0.162. The Balaban J connectivity index is 1.48. The Kier molecular flexibility index (Phi) is 9.77. The first-order valence-electron chi connectivity index (χ1n) is 15.7. The van der Waals surface area contributed by atoms with Gasteiger partial charge in [0.1, 0.15) is 12.4 Å². The molecule has 1 aliphatic heterocycles. The summed E-state index contributed by atoms with van der Waals surface area (Å²) in [7, 11) is -8.84. The number of benzene rings is 5. The summed E-state index contributed by atoms with van der Waals surface area (Å²) in [4.78, 5) is 27.0. The zero-order valence-corrected chi connectivity index (χ0v) is 28.9. The molecule has 0 spiro atoms. The minimum atomic E-state index is -4.44. The van der Waals surface area contributed by atoms with Crippen LogP contribution in [0.1, 0.15) is 54.9 Å². The summed E-state index contributed by atoms with van der Waals surface area (Å²) in [6.45, 7) is 2.07. The lowest BCUT2D eigenvalue weighted by Crippen LogP contribution is -2.28. The molecule has 5 aromatic carbocycles. The average molecular weight is 729 g/mol. The van der Waals surface area contributed by atoms with Crippen LogP contribution in [-0.2, 0) is 52.8 Å². The molecule has 0 bridgehead atoms. The number of hydrogen-bond donors (Lipinski definition) is 2. The standard InChI is InChI=1S/C37H32N2O10S2/c1-24-29(18-25-10-14-31(15-11-25)50(43,44)45)20-30(19-26-12-16-32(17-13-26)51(46,47)48)35(36(24)49-23-27-6-3-2-4-7-27)37(40)38-21-28-8-5-9-34(39(41)42)33(28)22-38/h2-17,20H,18-19,21-23H2,1H3,(H,43,44,45)(H,46,47,48). The summed E-state index contributed by atoms with van der Waals surface area (Å²) in [6, 6.07) is 27.3. The predicted molar refractivity (Wildman–Crippen MR) is 187 cm³/mol. The fourth-order valence-electron chi connectivity index (χ4n) is 6.21. The maximum absolute atomic E-state index is 14.7. The van der Waals surface area contributed by atoms with Crippen LogP contribution in [0.25, 0.3) is 0 Å². The van der Waals surface area contributed by atoms with Crippen molar-refractivity contribution in [2.24, 2.45) is 0 Å². The van der Waals surface area contributed by atoms with Crippen molar-refractivity contribution in [1.29, 1.82) is 0 Å². The van der Waals surface area contributed by atoms with Crippen LogP contribution >= 0.6 is 0 Å². The van der Waals surface area contributed by atoms with Gasteiger partial charge < -0.3 is 9.64 Å². The summed E-state index contributed by atoms with van der Waals surface area (Å²) < 4.78 is 72.2. The molecule has 0 aromatic heterocycles. The number of carbonyl (C=O) groups excluding carboxylic acids is 1. The molecule has 2 N–H and O–H groups in total. The van der Waals surface area contributed by atoms with Crippen molar-refractivity contribution in [2.45, 2.75) is 49.3 Å². The molecule has 1 heterocycles. The van der Waals surface area contributed by atoms with Gasteiger partial charge in [0.15, 0.2) is 0 Å². The molecule has 0 aliphatic carbocycles. The third kappa shape index (κ3) is 7.84. The minimum Gasteiger partial charge on any atom is -0.488 e. The zero-order chi connectivity index (χ0) is 36.5. The van der Waals surface area contributed by atoms with Crippen molar-refractivity contribution < 1.29 is 40.4 Å². The Labute approximate surface area is 294 Å². The van der Waals surface area contributed by atoms with E-state index in [0.717, 1.165) is 11.1 Å². The topological polar surface area (TPSA) is 181 Å². The fourth-order valence-corrected chi connectivity index (χ4v) is 7.17. The van der Waals surface area contributed by atoms with Crippen LogP contribution in [-0.4, -0.2) is 41.7 Å². The number of fused-ring (bicyclic) bond motifs is 1. The van der Waals surface area contributed by atoms with Gasteiger partial charge in [-0.2, -0.15) is 16.8 Å². The number of carbonyl (C=O) groups is 1. The molecule has 6 rings (SSSR count). The van der Waals surface area contributed by atoms with E-state index < -0.39 is 31.1 Å². The van der Waals surface area contributed by atoms with E-state index in [9.17, 15) is 40.8 Å². The Hall–Kier alpha value is -5.41. The Morgan fingerprint density at radius 2 is 1.33 bits per heavy atom. The van der Waals surface area contributed by atoms with E-state index >= 15 is 0 Å². The van der Waals surface area contributed by atoms with E-state index in [2.05, 4.69) is 0 Å². The van der Waals surface area contributed by atoms with E-state index in [1.807, 2.05) is 43.3 Å². The van der Waals surface area contributed by atoms with E-state index in [-0.39, 0.29) is 47.2 Å². The average Bonchev–Trinajstić information content (AvgIpc) is 3.53. The first-order chi connectivity index (χ1) is 24.2. The SMILES string of the molecule is Cc1c(Cc2ccc(S(=O)(=O)O)cc2)cc(Cc2ccc(S(=O)(=O)O)cc2)c(C(=O)N2Cc3cccc([N+](=O)[O-])c3C2)c1OCc1ccccc1. The van der Waals surface area contributed by atoms with Crippen LogP contribution in [0.5, 0.6) is 5.75 Å². The summed E-state index contributed by atoms with van der Waals surface area (Å²) >= 11 is 0. The Bertz CT molecular complexity index is 2360. The first kappa shape index (κ1) is 35.4. The highest BCUT2D eigenvalue weighted by Gasteiger charge is 2.33. The molecule has 0 atom stereocenters. The second kappa shape index (κ2) is 14.1. The van der Waals surface area contributed by atoms with Crippen molar-refractivity contribution in [2.75, 3.05) is 0 Å². The summed E-state index contributed by atoms with van der Waals surface area (Å²) in [6.07, 6.45) is 0.439. The predicted octanol–water partition coefficient (Wildman–Crippen LogP) is 6.31. The third-order valence-electron chi connectivity index (χ3n) is 8.83. The first-order valence-corrected chi connectivity index (χ1v) is 18.6. The van der Waals surface area contributed by atoms with Crippen LogP contribution in [0.15, 0.2) is 113 Å². The van der Waals surface area contributed by atoms with Crippen LogP contribution in [0.2, 0.25) is 0 Å². The van der Waals surface area contributed by atoms with Crippen molar-refractivity contribution >= 4 is 31.8 Å². The summed E-state index contributed by atoms with van der Waals surface area (Å²) in [5.74, 6) is -0.119. The number of hydrogen-bond acceptors (Lipinski definition) is 8. The van der Waals surface area contributed by atoms with Gasteiger partial charge in [-0.1, -0.05) is 72.8 Å². The number of nitrogens with zero attached hydrogens (tertiary/aromatic N) is 2. The zero-order valence-electron chi connectivity index (χ0n) is 27.2. The van der Waals surface area contributed by atoms with E-state index in [0.29, 0.717) is 45.6 Å². The number of ether oxygens (including phenoxy) is 1. The molecule has 51 heavy (non-hydrogen) atoms. The van der Waals surface area contributed by atoms with E-state index in [4.69, 9.17) is 4.74 Å². The second-order valence-corrected chi connectivity index (χ2v) is 15.1. The molecule has 0 saturated heterocycles. The lowest BCUT2D eigenvalue weighted by molar-refractivity contribution is -0.385. The molecule has 0 radical (unpaired) electrons. The summed E-state index contributed by atoms with van der Waals surface area (Å²) in [5.41, 5.74) is 5.37. The van der Waals surface area contributed by atoms with Crippen molar-refractivity contribution in [3.05, 3.63) is 163 Å². The Morgan fingerprint density at radius 3 is 1.88 bits per heavy atom. The van der Waals surface area contributed by atoms with E-state index in [1.165, 1.54) is 47.4 Å². The molecular formula is C37H32N2O10S2. The molecule has 262 valence electrons. The minimum absolute atomic E-state index is 0.00680. The lowest BCUT2D eigenvalue weighted by Gasteiger charge is -2.24. The molecule has 12 nitrogen and oxygen atoms in total. The highest BCUT2D eigenvalue weighted by atomic mass is 32.2. The number of amides is 1. The molecule has 0 fully saturated rings. The monoisotopic (exact) mass is 728 g/mol. The van der Waals surface area contributed by atoms with Gasteiger partial charge in [-0.3, -0.25) is 24.0 Å². The van der Waals surface area contributed by atoms with Crippen LogP contribution in [0.4, 0.5) is 5.69 Å². The highest BCUT2D eigenvalue weighted by Crippen LogP contribution is 2.38. The molecule has 1 aliphatic rings. The van der Waals surface area contributed by atoms with Gasteiger partial charge in [-0.25, -0.2) is 0 Å². The molecular weight excluding hydrogens is 697 g/mol. The smallest absolute Gasteiger partial charge is 0.294 e. The quantitative estimate of drug-likeness (QED) is 0.0888. The molecule has 0 saturated carbocycles. The van der Waals surface area contributed by atoms with Gasteiger partial charge in [0, 0.05) is 12.6 Å². The van der Waals surface area contributed by atoms with Gasteiger partial charge in [-0.15, -0.1) is 0 Å².